The zero-order valence-corrected chi connectivity index (χ0v) is 18.1. The Bertz CT molecular complexity index is 1090. The van der Waals surface area contributed by atoms with Crippen molar-refractivity contribution in [3.05, 3.63) is 64.8 Å². The van der Waals surface area contributed by atoms with Crippen LogP contribution < -0.4 is 14.8 Å². The molecule has 3 rings (SSSR count). The van der Waals surface area contributed by atoms with Crippen LogP contribution in [-0.4, -0.2) is 36.6 Å². The number of para-hydroxylation sites is 1. The van der Waals surface area contributed by atoms with E-state index in [-0.39, 0.29) is 18.3 Å². The standard InChI is InChI=1S/C23H23ClN2O5/c1-3-29-19-10-9-16(12-20(19)30-4-2)23(28)25-13-21(27)31-14-17-11-15-7-5-6-8-18(15)26-22(17)24/h5-12H,3-4,13-14H2,1-2H3,(H,25,28). The fourth-order valence-corrected chi connectivity index (χ4v) is 3.09. The second kappa shape index (κ2) is 10.6. The van der Waals surface area contributed by atoms with Crippen molar-refractivity contribution in [2.24, 2.45) is 0 Å². The average molecular weight is 443 g/mol. The Hall–Kier alpha value is -3.32. The van der Waals surface area contributed by atoms with Gasteiger partial charge in [0.2, 0.25) is 0 Å². The lowest BCUT2D eigenvalue weighted by atomic mass is 10.2. The molecule has 3 aromatic rings. The van der Waals surface area contributed by atoms with Gasteiger partial charge in [-0.25, -0.2) is 4.98 Å². The van der Waals surface area contributed by atoms with E-state index < -0.39 is 11.9 Å². The maximum Gasteiger partial charge on any atom is 0.325 e. The van der Waals surface area contributed by atoms with Crippen LogP contribution in [0, 0.1) is 0 Å². The number of nitrogens with zero attached hydrogens (tertiary/aromatic N) is 1. The summed E-state index contributed by atoms with van der Waals surface area (Å²) in [6.45, 7) is 4.30. The number of benzene rings is 2. The number of fused-ring (bicyclic) bond motifs is 1. The van der Waals surface area contributed by atoms with E-state index in [9.17, 15) is 9.59 Å². The Morgan fingerprint density at radius 2 is 1.74 bits per heavy atom. The number of aromatic nitrogens is 1. The lowest BCUT2D eigenvalue weighted by molar-refractivity contribution is -0.143. The second-order valence-corrected chi connectivity index (χ2v) is 6.86. The van der Waals surface area contributed by atoms with Gasteiger partial charge in [0.15, 0.2) is 11.5 Å². The van der Waals surface area contributed by atoms with Crippen molar-refractivity contribution in [1.82, 2.24) is 10.3 Å². The zero-order chi connectivity index (χ0) is 22.2. The molecule has 0 radical (unpaired) electrons. The quantitative estimate of drug-likeness (QED) is 0.395. The number of hydrogen-bond acceptors (Lipinski definition) is 6. The monoisotopic (exact) mass is 442 g/mol. The smallest absolute Gasteiger partial charge is 0.325 e. The maximum atomic E-state index is 12.4. The van der Waals surface area contributed by atoms with Crippen LogP contribution >= 0.6 is 11.6 Å². The van der Waals surface area contributed by atoms with Crippen molar-refractivity contribution >= 4 is 34.4 Å². The topological polar surface area (TPSA) is 86.8 Å². The van der Waals surface area contributed by atoms with Crippen LogP contribution in [0.15, 0.2) is 48.5 Å². The summed E-state index contributed by atoms with van der Waals surface area (Å²) in [5, 5.41) is 3.71. The Balaban J connectivity index is 1.56. The van der Waals surface area contributed by atoms with Crippen molar-refractivity contribution in [2.45, 2.75) is 20.5 Å². The molecule has 0 aliphatic carbocycles. The first kappa shape index (κ1) is 22.4. The molecule has 1 N–H and O–H groups in total. The van der Waals surface area contributed by atoms with E-state index in [4.69, 9.17) is 25.8 Å². The first-order valence-electron chi connectivity index (χ1n) is 9.89. The van der Waals surface area contributed by atoms with Gasteiger partial charge in [-0.3, -0.25) is 9.59 Å². The van der Waals surface area contributed by atoms with Gasteiger partial charge in [-0.2, -0.15) is 0 Å². The summed E-state index contributed by atoms with van der Waals surface area (Å²) in [6, 6.07) is 14.2. The number of halogens is 1. The number of pyridine rings is 1. The van der Waals surface area contributed by atoms with E-state index >= 15 is 0 Å². The Morgan fingerprint density at radius 1 is 1.00 bits per heavy atom. The molecule has 1 heterocycles. The molecule has 1 amide bonds. The number of rotatable bonds is 9. The number of carbonyl (C=O) groups excluding carboxylic acids is 2. The molecular formula is C23H23ClN2O5. The highest BCUT2D eigenvalue weighted by Gasteiger charge is 2.14. The van der Waals surface area contributed by atoms with Crippen molar-refractivity contribution in [3.63, 3.8) is 0 Å². The number of nitrogens with one attached hydrogen (secondary N) is 1. The third-order valence-corrected chi connectivity index (χ3v) is 4.66. The minimum Gasteiger partial charge on any atom is -0.490 e. The minimum atomic E-state index is -0.589. The predicted octanol–water partition coefficient (Wildman–Crippen LogP) is 4.16. The van der Waals surface area contributed by atoms with Crippen molar-refractivity contribution < 1.29 is 23.8 Å². The first-order valence-corrected chi connectivity index (χ1v) is 10.3. The van der Waals surface area contributed by atoms with Gasteiger partial charge in [0.1, 0.15) is 18.3 Å². The van der Waals surface area contributed by atoms with Gasteiger partial charge in [-0.05, 0) is 44.2 Å². The summed E-state index contributed by atoms with van der Waals surface area (Å²) in [7, 11) is 0. The van der Waals surface area contributed by atoms with Gasteiger partial charge in [0, 0.05) is 16.5 Å². The van der Waals surface area contributed by atoms with Crippen LogP contribution in [0.5, 0.6) is 11.5 Å². The average Bonchev–Trinajstić information content (AvgIpc) is 2.77. The van der Waals surface area contributed by atoms with Crippen LogP contribution in [-0.2, 0) is 16.1 Å². The van der Waals surface area contributed by atoms with Crippen LogP contribution in [0.2, 0.25) is 5.15 Å². The van der Waals surface area contributed by atoms with E-state index in [0.717, 1.165) is 10.9 Å². The van der Waals surface area contributed by atoms with E-state index in [0.29, 0.717) is 35.8 Å². The number of esters is 1. The maximum absolute atomic E-state index is 12.4. The lowest BCUT2D eigenvalue weighted by Gasteiger charge is -2.12. The molecule has 0 saturated heterocycles. The van der Waals surface area contributed by atoms with Crippen LogP contribution in [0.1, 0.15) is 29.8 Å². The molecule has 2 aromatic carbocycles. The van der Waals surface area contributed by atoms with Gasteiger partial charge in [-0.15, -0.1) is 0 Å². The van der Waals surface area contributed by atoms with E-state index in [1.807, 2.05) is 44.2 Å². The first-order chi connectivity index (χ1) is 15.0. The molecule has 31 heavy (non-hydrogen) atoms. The van der Waals surface area contributed by atoms with Crippen LogP contribution in [0.4, 0.5) is 0 Å². The van der Waals surface area contributed by atoms with E-state index in [2.05, 4.69) is 10.3 Å². The molecule has 162 valence electrons. The van der Waals surface area contributed by atoms with Gasteiger partial charge in [0.05, 0.1) is 18.7 Å². The van der Waals surface area contributed by atoms with Gasteiger partial charge in [0.25, 0.3) is 5.91 Å². The van der Waals surface area contributed by atoms with Crippen LogP contribution in [0.3, 0.4) is 0 Å². The molecular weight excluding hydrogens is 420 g/mol. The molecule has 0 unspecified atom stereocenters. The van der Waals surface area contributed by atoms with Crippen molar-refractivity contribution in [2.75, 3.05) is 19.8 Å². The third-order valence-electron chi connectivity index (χ3n) is 4.34. The normalized spacial score (nSPS) is 10.5. The largest absolute Gasteiger partial charge is 0.490 e. The fraction of sp³-hybridized carbons (Fsp3) is 0.261. The molecule has 0 atom stereocenters. The van der Waals surface area contributed by atoms with Gasteiger partial charge in [-0.1, -0.05) is 29.8 Å². The summed E-state index contributed by atoms with van der Waals surface area (Å²) >= 11 is 6.18. The molecule has 0 fully saturated rings. The zero-order valence-electron chi connectivity index (χ0n) is 17.3. The predicted molar refractivity (Wildman–Crippen MR) is 118 cm³/mol. The minimum absolute atomic E-state index is 0.0388. The Kier molecular flexibility index (Phi) is 7.67. The number of carbonyl (C=O) groups is 2. The fourth-order valence-electron chi connectivity index (χ4n) is 2.89. The summed E-state index contributed by atoms with van der Waals surface area (Å²) < 4.78 is 16.2. The lowest BCUT2D eigenvalue weighted by Crippen LogP contribution is -2.30. The molecule has 0 bridgehead atoms. The third kappa shape index (κ3) is 5.86. The summed E-state index contributed by atoms with van der Waals surface area (Å²) in [5.74, 6) is 0.0131. The van der Waals surface area contributed by atoms with Crippen molar-refractivity contribution in [1.29, 1.82) is 0 Å². The second-order valence-electron chi connectivity index (χ2n) is 6.50. The highest BCUT2D eigenvalue weighted by atomic mass is 35.5. The molecule has 0 spiro atoms. The summed E-state index contributed by atoms with van der Waals surface area (Å²) in [4.78, 5) is 28.8. The Morgan fingerprint density at radius 3 is 2.52 bits per heavy atom. The summed E-state index contributed by atoms with van der Waals surface area (Å²) in [6.07, 6.45) is 0. The molecule has 0 aliphatic heterocycles. The summed E-state index contributed by atoms with van der Waals surface area (Å²) in [5.41, 5.74) is 1.70. The van der Waals surface area contributed by atoms with E-state index in [1.165, 1.54) is 0 Å². The Labute approximate surface area is 185 Å². The highest BCUT2D eigenvalue weighted by Crippen LogP contribution is 2.28. The number of ether oxygens (including phenoxy) is 3. The highest BCUT2D eigenvalue weighted by molar-refractivity contribution is 6.30. The van der Waals surface area contributed by atoms with Gasteiger partial charge < -0.3 is 19.5 Å². The van der Waals surface area contributed by atoms with Crippen molar-refractivity contribution in [3.8, 4) is 11.5 Å². The van der Waals surface area contributed by atoms with E-state index in [1.54, 1.807) is 18.2 Å². The SMILES string of the molecule is CCOc1ccc(C(=O)NCC(=O)OCc2cc3ccccc3nc2Cl)cc1OCC. The molecule has 8 heteroatoms. The molecule has 7 nitrogen and oxygen atoms in total. The molecule has 0 saturated carbocycles. The number of amides is 1. The van der Waals surface area contributed by atoms with Crippen LogP contribution in [0.25, 0.3) is 10.9 Å². The number of hydrogen-bond donors (Lipinski definition) is 1. The molecule has 1 aromatic heterocycles. The van der Waals surface area contributed by atoms with Gasteiger partial charge >= 0.3 is 5.97 Å². The molecule has 0 aliphatic rings.